The standard InChI is InChI=1S/C11H13BrClNO/c1-7-3-4-9(5-10(7)12)11(15)14-8(2)6-13/h3-5,8H,6H2,1-2H3,(H,14,15). The zero-order valence-corrected chi connectivity index (χ0v) is 11.0. The van der Waals surface area contributed by atoms with Crippen molar-refractivity contribution in [3.8, 4) is 0 Å². The van der Waals surface area contributed by atoms with E-state index in [2.05, 4.69) is 21.2 Å². The quantitative estimate of drug-likeness (QED) is 0.852. The molecule has 1 aromatic carbocycles. The molecule has 0 saturated heterocycles. The fraction of sp³-hybridized carbons (Fsp3) is 0.364. The average molecular weight is 291 g/mol. The van der Waals surface area contributed by atoms with E-state index in [1.165, 1.54) is 0 Å². The predicted molar refractivity (Wildman–Crippen MR) is 66.5 cm³/mol. The number of amides is 1. The molecule has 0 heterocycles. The molecule has 0 spiro atoms. The number of alkyl halides is 1. The van der Waals surface area contributed by atoms with Gasteiger partial charge >= 0.3 is 0 Å². The van der Waals surface area contributed by atoms with Gasteiger partial charge in [-0.05, 0) is 31.5 Å². The number of benzene rings is 1. The van der Waals surface area contributed by atoms with Crippen LogP contribution in [0.15, 0.2) is 22.7 Å². The molecular formula is C11H13BrClNO. The number of rotatable bonds is 3. The van der Waals surface area contributed by atoms with Crippen molar-refractivity contribution in [3.63, 3.8) is 0 Å². The Morgan fingerprint density at radius 3 is 2.80 bits per heavy atom. The lowest BCUT2D eigenvalue weighted by Gasteiger charge is -2.10. The molecule has 15 heavy (non-hydrogen) atoms. The van der Waals surface area contributed by atoms with Gasteiger partial charge in [0, 0.05) is 22.0 Å². The molecule has 1 N–H and O–H groups in total. The summed E-state index contributed by atoms with van der Waals surface area (Å²) in [5.74, 6) is 0.322. The molecule has 1 atom stereocenters. The summed E-state index contributed by atoms with van der Waals surface area (Å²) in [6.45, 7) is 3.85. The second-order valence-corrected chi connectivity index (χ2v) is 4.66. The minimum atomic E-state index is -0.0937. The van der Waals surface area contributed by atoms with Gasteiger partial charge in [0.2, 0.25) is 0 Å². The summed E-state index contributed by atoms with van der Waals surface area (Å²) in [7, 11) is 0. The van der Waals surface area contributed by atoms with E-state index in [0.29, 0.717) is 11.4 Å². The van der Waals surface area contributed by atoms with Gasteiger partial charge in [-0.3, -0.25) is 4.79 Å². The molecule has 1 rings (SSSR count). The van der Waals surface area contributed by atoms with Crippen LogP contribution in [0.2, 0.25) is 0 Å². The first-order chi connectivity index (χ1) is 7.04. The average Bonchev–Trinajstić information content (AvgIpc) is 2.21. The second-order valence-electron chi connectivity index (χ2n) is 3.49. The zero-order chi connectivity index (χ0) is 11.4. The highest BCUT2D eigenvalue weighted by Gasteiger charge is 2.09. The van der Waals surface area contributed by atoms with Crippen LogP contribution < -0.4 is 5.32 Å². The zero-order valence-electron chi connectivity index (χ0n) is 8.68. The van der Waals surface area contributed by atoms with Gasteiger partial charge in [0.1, 0.15) is 0 Å². The van der Waals surface area contributed by atoms with Crippen LogP contribution in [-0.2, 0) is 0 Å². The van der Waals surface area contributed by atoms with Crippen molar-refractivity contribution in [2.24, 2.45) is 0 Å². The lowest BCUT2D eigenvalue weighted by molar-refractivity contribution is 0.0943. The summed E-state index contributed by atoms with van der Waals surface area (Å²) in [6.07, 6.45) is 0. The van der Waals surface area contributed by atoms with Crippen molar-refractivity contribution in [2.75, 3.05) is 5.88 Å². The van der Waals surface area contributed by atoms with Gasteiger partial charge in [0.25, 0.3) is 5.91 Å². The van der Waals surface area contributed by atoms with E-state index in [-0.39, 0.29) is 11.9 Å². The molecule has 2 nitrogen and oxygen atoms in total. The molecule has 0 aliphatic heterocycles. The van der Waals surface area contributed by atoms with E-state index in [1.807, 2.05) is 26.0 Å². The lowest BCUT2D eigenvalue weighted by Crippen LogP contribution is -2.33. The summed E-state index contributed by atoms with van der Waals surface area (Å²) in [4.78, 5) is 11.7. The van der Waals surface area contributed by atoms with Gasteiger partial charge in [0.15, 0.2) is 0 Å². The van der Waals surface area contributed by atoms with E-state index in [0.717, 1.165) is 10.0 Å². The van der Waals surface area contributed by atoms with E-state index in [4.69, 9.17) is 11.6 Å². The van der Waals surface area contributed by atoms with Gasteiger partial charge in [-0.2, -0.15) is 0 Å². The molecule has 0 aliphatic rings. The second kappa shape index (κ2) is 5.52. The Balaban J connectivity index is 2.78. The Morgan fingerprint density at radius 1 is 1.60 bits per heavy atom. The van der Waals surface area contributed by atoms with Gasteiger partial charge in [-0.25, -0.2) is 0 Å². The molecule has 0 fully saturated rings. The van der Waals surface area contributed by atoms with E-state index >= 15 is 0 Å². The van der Waals surface area contributed by atoms with Crippen LogP contribution in [0, 0.1) is 6.92 Å². The third-order valence-electron chi connectivity index (χ3n) is 2.04. The van der Waals surface area contributed by atoms with E-state index in [9.17, 15) is 4.79 Å². The molecule has 0 saturated carbocycles. The van der Waals surface area contributed by atoms with Crippen molar-refractivity contribution < 1.29 is 4.79 Å². The number of aryl methyl sites for hydroxylation is 1. The molecule has 1 amide bonds. The highest BCUT2D eigenvalue weighted by Crippen LogP contribution is 2.17. The van der Waals surface area contributed by atoms with Crippen molar-refractivity contribution in [3.05, 3.63) is 33.8 Å². The highest BCUT2D eigenvalue weighted by molar-refractivity contribution is 9.10. The van der Waals surface area contributed by atoms with Gasteiger partial charge in [0.05, 0.1) is 0 Å². The van der Waals surface area contributed by atoms with Crippen LogP contribution in [0.4, 0.5) is 0 Å². The molecule has 1 aromatic rings. The summed E-state index contributed by atoms with van der Waals surface area (Å²) < 4.78 is 0.939. The lowest BCUT2D eigenvalue weighted by atomic mass is 10.1. The summed E-state index contributed by atoms with van der Waals surface area (Å²) in [5, 5.41) is 2.80. The first kappa shape index (κ1) is 12.5. The maximum absolute atomic E-state index is 11.7. The van der Waals surface area contributed by atoms with E-state index < -0.39 is 0 Å². The Bertz CT molecular complexity index is 368. The smallest absolute Gasteiger partial charge is 0.251 e. The van der Waals surface area contributed by atoms with E-state index in [1.54, 1.807) is 6.07 Å². The Hall–Kier alpha value is -0.540. The molecule has 4 heteroatoms. The molecular weight excluding hydrogens is 277 g/mol. The Morgan fingerprint density at radius 2 is 2.27 bits per heavy atom. The largest absolute Gasteiger partial charge is 0.348 e. The number of carbonyl (C=O) groups is 1. The number of hydrogen-bond acceptors (Lipinski definition) is 1. The third-order valence-corrected chi connectivity index (χ3v) is 3.36. The summed E-state index contributed by atoms with van der Waals surface area (Å²) in [6, 6.07) is 5.51. The molecule has 82 valence electrons. The van der Waals surface area contributed by atoms with Crippen LogP contribution in [0.5, 0.6) is 0 Å². The molecule has 1 unspecified atom stereocenters. The summed E-state index contributed by atoms with van der Waals surface area (Å²) in [5.41, 5.74) is 1.75. The Labute approximate surface area is 103 Å². The minimum Gasteiger partial charge on any atom is -0.348 e. The summed E-state index contributed by atoms with van der Waals surface area (Å²) >= 11 is 9.01. The maximum Gasteiger partial charge on any atom is 0.251 e. The highest BCUT2D eigenvalue weighted by atomic mass is 79.9. The van der Waals surface area contributed by atoms with Gasteiger partial charge in [-0.1, -0.05) is 22.0 Å². The van der Waals surface area contributed by atoms with Crippen molar-refractivity contribution in [1.29, 1.82) is 0 Å². The van der Waals surface area contributed by atoms with Gasteiger partial charge in [-0.15, -0.1) is 11.6 Å². The van der Waals surface area contributed by atoms with Crippen LogP contribution in [0.3, 0.4) is 0 Å². The number of halogens is 2. The fourth-order valence-electron chi connectivity index (χ4n) is 1.08. The van der Waals surface area contributed by atoms with Crippen LogP contribution >= 0.6 is 27.5 Å². The number of nitrogens with one attached hydrogen (secondary N) is 1. The Kier molecular flexibility index (Phi) is 4.61. The molecule has 0 aliphatic carbocycles. The third kappa shape index (κ3) is 3.50. The number of carbonyl (C=O) groups excluding carboxylic acids is 1. The first-order valence-electron chi connectivity index (χ1n) is 4.67. The SMILES string of the molecule is Cc1ccc(C(=O)NC(C)CCl)cc1Br. The van der Waals surface area contributed by atoms with Crippen molar-refractivity contribution in [1.82, 2.24) is 5.32 Å². The number of hydrogen-bond donors (Lipinski definition) is 1. The van der Waals surface area contributed by atoms with Crippen LogP contribution in [0.1, 0.15) is 22.8 Å². The normalized spacial score (nSPS) is 12.3. The molecule has 0 radical (unpaired) electrons. The van der Waals surface area contributed by atoms with Crippen molar-refractivity contribution >= 4 is 33.4 Å². The van der Waals surface area contributed by atoms with Crippen molar-refractivity contribution in [2.45, 2.75) is 19.9 Å². The minimum absolute atomic E-state index is 0.0146. The predicted octanol–water partition coefficient (Wildman–Crippen LogP) is 3.11. The maximum atomic E-state index is 11.7. The van der Waals surface area contributed by atoms with Crippen LogP contribution in [0.25, 0.3) is 0 Å². The topological polar surface area (TPSA) is 29.1 Å². The van der Waals surface area contributed by atoms with Gasteiger partial charge < -0.3 is 5.32 Å². The monoisotopic (exact) mass is 289 g/mol. The van der Waals surface area contributed by atoms with Crippen LogP contribution in [-0.4, -0.2) is 17.8 Å². The molecule has 0 aromatic heterocycles. The fourth-order valence-corrected chi connectivity index (χ4v) is 1.54. The first-order valence-corrected chi connectivity index (χ1v) is 6.00. The molecule has 0 bridgehead atoms.